The maximum absolute atomic E-state index is 13.9. The first kappa shape index (κ1) is 23.6. The summed E-state index contributed by atoms with van der Waals surface area (Å²) in [5.41, 5.74) is 4.45. The Balaban J connectivity index is 1.98. The molecule has 4 heteroatoms. The average molecular weight is 435 g/mol. The number of ether oxygens (including phenoxy) is 3. The second-order valence-electron chi connectivity index (χ2n) is 8.52. The van der Waals surface area contributed by atoms with E-state index >= 15 is 0 Å². The molecule has 0 aromatic heterocycles. The second kappa shape index (κ2) is 11.0. The van der Waals surface area contributed by atoms with Crippen LogP contribution in [-0.4, -0.2) is 27.1 Å². The van der Waals surface area contributed by atoms with Crippen LogP contribution in [0, 0.1) is 5.92 Å². The van der Waals surface area contributed by atoms with Gasteiger partial charge in [-0.1, -0.05) is 53.6 Å². The van der Waals surface area contributed by atoms with E-state index in [-0.39, 0.29) is 17.6 Å². The van der Waals surface area contributed by atoms with Crippen molar-refractivity contribution >= 4 is 5.78 Å². The van der Waals surface area contributed by atoms with Gasteiger partial charge in [0.15, 0.2) is 5.78 Å². The highest BCUT2D eigenvalue weighted by molar-refractivity contribution is 6.03. The van der Waals surface area contributed by atoms with Crippen molar-refractivity contribution < 1.29 is 19.0 Å². The molecule has 0 saturated heterocycles. The summed E-state index contributed by atoms with van der Waals surface area (Å²) < 4.78 is 16.5. The molecule has 2 aromatic rings. The molecule has 0 spiro atoms. The largest absolute Gasteiger partial charge is 0.496 e. The smallest absolute Gasteiger partial charge is 0.174 e. The Hall–Kier alpha value is -3.01. The first-order valence-corrected chi connectivity index (χ1v) is 11.2. The zero-order valence-electron chi connectivity index (χ0n) is 19.8. The van der Waals surface area contributed by atoms with Crippen LogP contribution in [0.3, 0.4) is 0 Å². The van der Waals surface area contributed by atoms with Crippen molar-refractivity contribution in [2.75, 3.05) is 21.3 Å². The summed E-state index contributed by atoms with van der Waals surface area (Å²) in [6.45, 7) is 4.26. The Bertz CT molecular complexity index is 959. The molecule has 3 rings (SSSR count). The molecule has 2 atom stereocenters. The highest BCUT2D eigenvalue weighted by Gasteiger charge is 2.35. The molecular formula is C28H34O4. The van der Waals surface area contributed by atoms with Gasteiger partial charge in [-0.3, -0.25) is 4.79 Å². The van der Waals surface area contributed by atoms with Gasteiger partial charge in [-0.2, -0.15) is 0 Å². The number of allylic oxidation sites excluding steroid dienone is 4. The van der Waals surface area contributed by atoms with E-state index in [4.69, 9.17) is 14.2 Å². The molecule has 0 radical (unpaired) electrons. The van der Waals surface area contributed by atoms with E-state index in [0.717, 1.165) is 19.3 Å². The van der Waals surface area contributed by atoms with Crippen molar-refractivity contribution in [3.63, 3.8) is 0 Å². The second-order valence-corrected chi connectivity index (χ2v) is 8.52. The van der Waals surface area contributed by atoms with Crippen LogP contribution in [-0.2, 0) is 0 Å². The van der Waals surface area contributed by atoms with Gasteiger partial charge in [0.2, 0.25) is 0 Å². The molecule has 0 saturated carbocycles. The molecule has 1 aliphatic carbocycles. The van der Waals surface area contributed by atoms with Crippen molar-refractivity contribution in [3.05, 3.63) is 76.9 Å². The van der Waals surface area contributed by atoms with Crippen molar-refractivity contribution in [1.29, 1.82) is 0 Å². The first-order chi connectivity index (χ1) is 15.5. The Morgan fingerprint density at radius 3 is 2.22 bits per heavy atom. The molecule has 2 aromatic carbocycles. The van der Waals surface area contributed by atoms with E-state index < -0.39 is 0 Å². The van der Waals surface area contributed by atoms with Gasteiger partial charge < -0.3 is 14.2 Å². The summed E-state index contributed by atoms with van der Waals surface area (Å²) >= 11 is 0. The molecule has 4 nitrogen and oxygen atoms in total. The van der Waals surface area contributed by atoms with Crippen molar-refractivity contribution in [3.8, 4) is 17.2 Å². The van der Waals surface area contributed by atoms with E-state index in [2.05, 4.69) is 38.1 Å². The number of hydrogen-bond acceptors (Lipinski definition) is 4. The quantitative estimate of drug-likeness (QED) is 0.323. The topological polar surface area (TPSA) is 44.8 Å². The third-order valence-corrected chi connectivity index (χ3v) is 6.17. The van der Waals surface area contributed by atoms with Crippen LogP contribution in [0.15, 0.2) is 65.8 Å². The number of carbonyl (C=O) groups excluding carboxylic acids is 1. The van der Waals surface area contributed by atoms with Gasteiger partial charge in [-0.25, -0.2) is 0 Å². The van der Waals surface area contributed by atoms with Crippen LogP contribution < -0.4 is 14.2 Å². The fourth-order valence-corrected chi connectivity index (χ4v) is 4.49. The van der Waals surface area contributed by atoms with Crippen LogP contribution in [0.1, 0.15) is 61.4 Å². The highest BCUT2D eigenvalue weighted by atomic mass is 16.5. The summed E-state index contributed by atoms with van der Waals surface area (Å²) in [4.78, 5) is 13.9. The minimum Gasteiger partial charge on any atom is -0.496 e. The van der Waals surface area contributed by atoms with Crippen molar-refractivity contribution in [2.24, 2.45) is 5.92 Å². The maximum atomic E-state index is 13.9. The fourth-order valence-electron chi connectivity index (χ4n) is 4.49. The zero-order valence-corrected chi connectivity index (χ0v) is 19.8. The molecule has 0 fully saturated rings. The van der Waals surface area contributed by atoms with Crippen molar-refractivity contribution in [2.45, 2.75) is 45.4 Å². The predicted molar refractivity (Wildman–Crippen MR) is 129 cm³/mol. The number of ketones is 1. The zero-order chi connectivity index (χ0) is 23.1. The van der Waals surface area contributed by atoms with Gasteiger partial charge in [0, 0.05) is 18.1 Å². The number of hydrogen-bond donors (Lipinski definition) is 0. The van der Waals surface area contributed by atoms with Gasteiger partial charge in [0.1, 0.15) is 22.8 Å². The number of benzene rings is 2. The lowest BCUT2D eigenvalue weighted by atomic mass is 9.72. The van der Waals surface area contributed by atoms with Crippen molar-refractivity contribution in [1.82, 2.24) is 0 Å². The van der Waals surface area contributed by atoms with Gasteiger partial charge in [0.05, 0.1) is 21.3 Å². The lowest BCUT2D eigenvalue weighted by molar-refractivity contribution is 0.0889. The highest BCUT2D eigenvalue weighted by Crippen LogP contribution is 2.44. The van der Waals surface area contributed by atoms with Crippen LogP contribution >= 0.6 is 0 Å². The van der Waals surface area contributed by atoms with Gasteiger partial charge >= 0.3 is 0 Å². The molecule has 0 unspecified atom stereocenters. The number of Topliss-reactive ketones (excluding diaryl/α,β-unsaturated/α-hetero) is 1. The maximum Gasteiger partial charge on any atom is 0.174 e. The minimum atomic E-state index is -0.180. The molecule has 0 aliphatic heterocycles. The Morgan fingerprint density at radius 1 is 1.00 bits per heavy atom. The monoisotopic (exact) mass is 434 g/mol. The van der Waals surface area contributed by atoms with E-state index in [0.29, 0.717) is 29.2 Å². The lowest BCUT2D eigenvalue weighted by Gasteiger charge is -2.32. The molecule has 170 valence electrons. The molecule has 0 bridgehead atoms. The third-order valence-electron chi connectivity index (χ3n) is 6.17. The SMILES string of the molecule is COc1cc(OC)c(C(=O)[C@@H]2CC=C(CCC=C(C)C)C[C@H]2c2ccccc2)c(OC)c1. The number of carbonyl (C=O) groups is 1. The molecule has 1 aliphatic rings. The minimum absolute atomic E-state index is 0.0507. The summed E-state index contributed by atoms with van der Waals surface area (Å²) in [5, 5.41) is 0. The normalized spacial score (nSPS) is 17.8. The molecule has 0 heterocycles. The van der Waals surface area contributed by atoms with Gasteiger partial charge in [0.25, 0.3) is 0 Å². The van der Waals surface area contributed by atoms with Gasteiger partial charge in [-0.05, 0) is 51.0 Å². The van der Waals surface area contributed by atoms with E-state index in [9.17, 15) is 4.79 Å². The molecule has 0 amide bonds. The number of methoxy groups -OCH3 is 3. The number of rotatable bonds is 9. The molecule has 32 heavy (non-hydrogen) atoms. The summed E-state index contributed by atoms with van der Waals surface area (Å²) in [5.74, 6) is 1.55. The van der Waals surface area contributed by atoms with Crippen LogP contribution in [0.5, 0.6) is 17.2 Å². The lowest BCUT2D eigenvalue weighted by Crippen LogP contribution is -2.26. The first-order valence-electron chi connectivity index (χ1n) is 11.2. The van der Waals surface area contributed by atoms with Crippen LogP contribution in [0.4, 0.5) is 0 Å². The molecule has 0 N–H and O–H groups in total. The van der Waals surface area contributed by atoms with Gasteiger partial charge in [-0.15, -0.1) is 0 Å². The standard InChI is InChI=1S/C28H34O4/c1-19(2)10-9-11-20-14-15-23(24(16-20)21-12-7-6-8-13-21)28(29)27-25(31-4)17-22(30-3)18-26(27)32-5/h6-8,10,12-14,17-18,23-24H,9,11,15-16H2,1-5H3/t23-,24+/m1/s1. The van der Waals surface area contributed by atoms with Crippen LogP contribution in [0.25, 0.3) is 0 Å². The Kier molecular flexibility index (Phi) is 8.15. The predicted octanol–water partition coefficient (Wildman–Crippen LogP) is 6.76. The van der Waals surface area contributed by atoms with E-state index in [1.54, 1.807) is 33.5 Å². The summed E-state index contributed by atoms with van der Waals surface area (Å²) in [7, 11) is 4.73. The molecular weight excluding hydrogens is 400 g/mol. The van der Waals surface area contributed by atoms with Crippen LogP contribution in [0.2, 0.25) is 0 Å². The summed E-state index contributed by atoms with van der Waals surface area (Å²) in [6.07, 6.45) is 8.21. The van der Waals surface area contributed by atoms with E-state index in [1.807, 2.05) is 18.2 Å². The fraction of sp³-hybridized carbons (Fsp3) is 0.393. The Labute approximate surface area is 191 Å². The Morgan fingerprint density at radius 2 is 1.66 bits per heavy atom. The average Bonchev–Trinajstić information content (AvgIpc) is 2.82. The summed E-state index contributed by atoms with van der Waals surface area (Å²) in [6, 6.07) is 13.9. The van der Waals surface area contributed by atoms with E-state index in [1.165, 1.54) is 16.7 Å². The third kappa shape index (κ3) is 5.42.